The summed E-state index contributed by atoms with van der Waals surface area (Å²) < 4.78 is 0. The molecule has 1 fully saturated rings. The molecule has 2 heteroatoms. The SMILES string of the molecule is Cc1cc(O)cc2c1[C@]1(Cc3ccccc3)CC[C@@]3(CCCC(C)C)C[C@@H](O)CC3=C1CC2. The standard InChI is InChI=1S/C31H40O2/c1-21(2)8-7-13-30-14-15-31(19-23-9-5-4-6-10-23)27(28(30)18-26(33)20-30)12-11-24-17-25(32)16-22(3)29(24)31/h4-6,9-10,16-17,21,26,32-33H,7-8,11-15,18-20H2,1-3H3/t26-,30-,31-/m0/s1. The van der Waals surface area contributed by atoms with Crippen molar-refractivity contribution < 1.29 is 10.2 Å². The molecular formula is C31H40O2. The molecule has 0 unspecified atom stereocenters. The highest BCUT2D eigenvalue weighted by Crippen LogP contribution is 2.63. The van der Waals surface area contributed by atoms with Crippen molar-refractivity contribution >= 4 is 0 Å². The largest absolute Gasteiger partial charge is 0.508 e. The third-order valence-corrected chi connectivity index (χ3v) is 8.99. The number of hydrogen-bond acceptors (Lipinski definition) is 2. The van der Waals surface area contributed by atoms with Gasteiger partial charge < -0.3 is 10.2 Å². The van der Waals surface area contributed by atoms with E-state index in [4.69, 9.17) is 0 Å². The van der Waals surface area contributed by atoms with E-state index in [0.29, 0.717) is 5.75 Å². The summed E-state index contributed by atoms with van der Waals surface area (Å²) in [6, 6.07) is 14.9. The third kappa shape index (κ3) is 3.95. The highest BCUT2D eigenvalue weighted by atomic mass is 16.3. The molecule has 3 aliphatic carbocycles. The van der Waals surface area contributed by atoms with Gasteiger partial charge in [-0.1, -0.05) is 68.2 Å². The van der Waals surface area contributed by atoms with Crippen LogP contribution in [-0.4, -0.2) is 16.3 Å². The Kier molecular flexibility index (Phi) is 5.93. The van der Waals surface area contributed by atoms with Gasteiger partial charge in [0, 0.05) is 5.41 Å². The molecule has 176 valence electrons. The lowest BCUT2D eigenvalue weighted by atomic mass is 9.52. The molecule has 0 saturated heterocycles. The van der Waals surface area contributed by atoms with Crippen LogP contribution in [0.2, 0.25) is 0 Å². The second-order valence-corrected chi connectivity index (χ2v) is 11.6. The first kappa shape index (κ1) is 22.7. The molecule has 2 nitrogen and oxygen atoms in total. The normalized spacial score (nSPS) is 28.6. The maximum absolute atomic E-state index is 10.9. The van der Waals surface area contributed by atoms with Crippen LogP contribution in [0.4, 0.5) is 0 Å². The van der Waals surface area contributed by atoms with Crippen LogP contribution in [0.3, 0.4) is 0 Å². The predicted molar refractivity (Wildman–Crippen MR) is 136 cm³/mol. The van der Waals surface area contributed by atoms with E-state index >= 15 is 0 Å². The van der Waals surface area contributed by atoms with Gasteiger partial charge in [-0.15, -0.1) is 0 Å². The van der Waals surface area contributed by atoms with Gasteiger partial charge in [-0.2, -0.15) is 0 Å². The number of aliphatic hydroxyl groups excluding tert-OH is 1. The van der Waals surface area contributed by atoms with Crippen LogP contribution < -0.4 is 0 Å². The summed E-state index contributed by atoms with van der Waals surface area (Å²) in [6.07, 6.45) is 10.8. The first-order valence-electron chi connectivity index (χ1n) is 13.1. The monoisotopic (exact) mass is 444 g/mol. The molecule has 1 saturated carbocycles. The van der Waals surface area contributed by atoms with Gasteiger partial charge in [-0.05, 0) is 104 Å². The third-order valence-electron chi connectivity index (χ3n) is 8.99. The van der Waals surface area contributed by atoms with Crippen LogP contribution in [0.5, 0.6) is 5.75 Å². The maximum atomic E-state index is 10.9. The van der Waals surface area contributed by atoms with Crippen LogP contribution in [0.15, 0.2) is 53.6 Å². The average molecular weight is 445 g/mol. The summed E-state index contributed by atoms with van der Waals surface area (Å²) in [4.78, 5) is 0. The van der Waals surface area contributed by atoms with Gasteiger partial charge in [-0.25, -0.2) is 0 Å². The van der Waals surface area contributed by atoms with Crippen molar-refractivity contribution in [3.05, 3.63) is 75.9 Å². The van der Waals surface area contributed by atoms with Crippen LogP contribution >= 0.6 is 0 Å². The maximum Gasteiger partial charge on any atom is 0.116 e. The molecule has 0 spiro atoms. The molecule has 3 atom stereocenters. The second kappa shape index (κ2) is 8.62. The Morgan fingerprint density at radius 2 is 1.82 bits per heavy atom. The number of allylic oxidation sites excluding steroid dienone is 1. The van der Waals surface area contributed by atoms with Gasteiger partial charge >= 0.3 is 0 Å². The number of aryl methyl sites for hydroxylation is 2. The van der Waals surface area contributed by atoms with Crippen LogP contribution in [0.25, 0.3) is 0 Å². The van der Waals surface area contributed by atoms with Gasteiger partial charge in [-0.3, -0.25) is 0 Å². The fourth-order valence-corrected chi connectivity index (χ4v) is 7.79. The van der Waals surface area contributed by atoms with Crippen molar-refractivity contribution in [2.75, 3.05) is 0 Å². The minimum atomic E-state index is -0.193. The molecule has 2 aromatic rings. The Balaban J connectivity index is 1.66. The molecule has 0 aliphatic heterocycles. The molecule has 2 aromatic carbocycles. The molecule has 0 radical (unpaired) electrons. The zero-order valence-electron chi connectivity index (χ0n) is 20.7. The first-order chi connectivity index (χ1) is 15.8. The average Bonchev–Trinajstić information content (AvgIpc) is 3.09. The Bertz CT molecular complexity index is 1050. The van der Waals surface area contributed by atoms with Crippen LogP contribution in [-0.2, 0) is 18.3 Å². The summed E-state index contributed by atoms with van der Waals surface area (Å²) in [5, 5.41) is 21.3. The van der Waals surface area contributed by atoms with Crippen molar-refractivity contribution in [2.24, 2.45) is 11.3 Å². The molecule has 5 rings (SSSR count). The van der Waals surface area contributed by atoms with E-state index in [1.807, 2.05) is 12.1 Å². The first-order valence-corrected chi connectivity index (χ1v) is 13.1. The van der Waals surface area contributed by atoms with Gasteiger partial charge in [0.1, 0.15) is 5.75 Å². The summed E-state index contributed by atoms with van der Waals surface area (Å²) >= 11 is 0. The lowest BCUT2D eigenvalue weighted by molar-refractivity contribution is 0.141. The fraction of sp³-hybridized carbons (Fsp3) is 0.548. The van der Waals surface area contributed by atoms with Crippen molar-refractivity contribution in [2.45, 2.75) is 96.5 Å². The minimum Gasteiger partial charge on any atom is -0.508 e. The Morgan fingerprint density at radius 3 is 2.58 bits per heavy atom. The van der Waals surface area contributed by atoms with Gasteiger partial charge in [0.25, 0.3) is 0 Å². The summed E-state index contributed by atoms with van der Waals surface area (Å²) in [5.74, 6) is 1.13. The number of phenols is 1. The van der Waals surface area contributed by atoms with E-state index in [1.54, 1.807) is 11.1 Å². The fourth-order valence-electron chi connectivity index (χ4n) is 7.79. The number of rotatable bonds is 6. The smallest absolute Gasteiger partial charge is 0.116 e. The van der Waals surface area contributed by atoms with E-state index in [9.17, 15) is 10.2 Å². The van der Waals surface area contributed by atoms with E-state index in [-0.39, 0.29) is 16.9 Å². The minimum absolute atomic E-state index is 0.00629. The van der Waals surface area contributed by atoms with Crippen molar-refractivity contribution in [3.8, 4) is 5.75 Å². The second-order valence-electron chi connectivity index (χ2n) is 11.6. The van der Waals surface area contributed by atoms with Crippen LogP contribution in [0.1, 0.15) is 87.5 Å². The molecule has 0 amide bonds. The summed E-state index contributed by atoms with van der Waals surface area (Å²) in [7, 11) is 0. The number of benzene rings is 2. The number of aromatic hydroxyl groups is 1. The van der Waals surface area contributed by atoms with Crippen molar-refractivity contribution in [3.63, 3.8) is 0 Å². The number of phenolic OH excluding ortho intramolecular Hbond substituents is 1. The highest BCUT2D eigenvalue weighted by Gasteiger charge is 2.54. The lowest BCUT2D eigenvalue weighted by Crippen LogP contribution is -2.43. The topological polar surface area (TPSA) is 40.5 Å². The number of aliphatic hydroxyl groups is 1. The molecular weight excluding hydrogens is 404 g/mol. The highest BCUT2D eigenvalue weighted by molar-refractivity contribution is 5.57. The Morgan fingerprint density at radius 1 is 1.03 bits per heavy atom. The number of fused-ring (bicyclic) bond motifs is 4. The Hall–Kier alpha value is -2.06. The van der Waals surface area contributed by atoms with Crippen molar-refractivity contribution in [1.29, 1.82) is 0 Å². The van der Waals surface area contributed by atoms with E-state index in [2.05, 4.69) is 51.1 Å². The summed E-state index contributed by atoms with van der Waals surface area (Å²) in [5.41, 5.74) is 8.86. The van der Waals surface area contributed by atoms with Gasteiger partial charge in [0.05, 0.1) is 6.10 Å². The summed E-state index contributed by atoms with van der Waals surface area (Å²) in [6.45, 7) is 6.83. The van der Waals surface area contributed by atoms with Gasteiger partial charge in [0.15, 0.2) is 0 Å². The zero-order valence-corrected chi connectivity index (χ0v) is 20.7. The molecule has 0 bridgehead atoms. The Labute approximate surface area is 199 Å². The molecule has 3 aliphatic rings. The van der Waals surface area contributed by atoms with E-state index in [1.165, 1.54) is 47.9 Å². The van der Waals surface area contributed by atoms with Crippen LogP contribution in [0, 0.1) is 18.3 Å². The molecule has 0 aromatic heterocycles. The zero-order chi connectivity index (χ0) is 23.2. The lowest BCUT2D eigenvalue weighted by Gasteiger charge is -2.51. The van der Waals surface area contributed by atoms with Gasteiger partial charge in [0.2, 0.25) is 0 Å². The molecule has 0 heterocycles. The quantitative estimate of drug-likeness (QED) is 0.463. The van der Waals surface area contributed by atoms with E-state index < -0.39 is 0 Å². The van der Waals surface area contributed by atoms with Crippen molar-refractivity contribution in [1.82, 2.24) is 0 Å². The predicted octanol–water partition coefficient (Wildman–Crippen LogP) is 7.19. The molecule has 2 N–H and O–H groups in total. The number of hydrogen-bond donors (Lipinski definition) is 2. The van der Waals surface area contributed by atoms with E-state index in [0.717, 1.165) is 44.4 Å². The molecule has 33 heavy (non-hydrogen) atoms.